The van der Waals surface area contributed by atoms with Crippen LogP contribution in [0, 0.1) is 0 Å². The summed E-state index contributed by atoms with van der Waals surface area (Å²) in [5.41, 5.74) is 0.203. The van der Waals surface area contributed by atoms with E-state index in [0.29, 0.717) is 5.56 Å². The molecule has 0 spiro atoms. The van der Waals surface area contributed by atoms with Crippen molar-refractivity contribution in [1.29, 1.82) is 0 Å². The maximum atomic E-state index is 13.1. The van der Waals surface area contributed by atoms with Crippen molar-refractivity contribution in [3.8, 4) is 4.90 Å². The second kappa shape index (κ2) is 7.73. The minimum Gasteiger partial charge on any atom is -0.451 e. The zero-order valence-electron chi connectivity index (χ0n) is 17.1. The maximum Gasteiger partial charge on any atom is 0.339 e. The summed E-state index contributed by atoms with van der Waals surface area (Å²) in [6.07, 6.45) is 8.10. The van der Waals surface area contributed by atoms with Gasteiger partial charge in [0.15, 0.2) is 14.3 Å². The van der Waals surface area contributed by atoms with Crippen molar-refractivity contribution >= 4 is 36.6 Å². The Morgan fingerprint density at radius 3 is 2.37 bits per heavy atom. The lowest BCUT2D eigenvalue weighted by Gasteiger charge is -2.25. The molecule has 1 unspecified atom stereocenters. The van der Waals surface area contributed by atoms with Gasteiger partial charge in [-0.2, -0.15) is 0 Å². The van der Waals surface area contributed by atoms with E-state index in [-0.39, 0.29) is 16.4 Å². The Labute approximate surface area is 179 Å². The number of rotatable bonds is 4. The summed E-state index contributed by atoms with van der Waals surface area (Å²) < 4.78 is 8.67. The van der Waals surface area contributed by atoms with Crippen molar-refractivity contribution in [2.45, 2.75) is 38.2 Å². The van der Waals surface area contributed by atoms with Gasteiger partial charge in [-0.05, 0) is 81.1 Å². The summed E-state index contributed by atoms with van der Waals surface area (Å²) in [5, 5.41) is 2.37. The summed E-state index contributed by atoms with van der Waals surface area (Å²) in [6, 6.07) is 25.3. The molecule has 0 saturated heterocycles. The van der Waals surface area contributed by atoms with Crippen LogP contribution in [0.25, 0.3) is 25.1 Å². The molecule has 1 aromatic heterocycles. The van der Waals surface area contributed by atoms with E-state index in [0.717, 1.165) is 31.1 Å². The van der Waals surface area contributed by atoms with Crippen LogP contribution in [-0.2, 0) is 4.74 Å². The van der Waals surface area contributed by atoms with Gasteiger partial charge in [0.05, 0.1) is 5.56 Å². The first-order chi connectivity index (χ1) is 14.7. The third-order valence-electron chi connectivity index (χ3n) is 6.03. The Hall–Kier alpha value is -2.91. The molecule has 0 aliphatic heterocycles. The molecule has 0 bridgehead atoms. The number of fused-ring (bicyclic) bond motifs is 3. The monoisotopic (exact) mass is 413 g/mol. The van der Waals surface area contributed by atoms with Crippen LogP contribution < -0.4 is 0 Å². The maximum absolute atomic E-state index is 13.1. The predicted molar refractivity (Wildman–Crippen MR) is 127 cm³/mol. The van der Waals surface area contributed by atoms with Gasteiger partial charge in [-0.1, -0.05) is 36.4 Å². The van der Waals surface area contributed by atoms with Gasteiger partial charge < -0.3 is 4.74 Å². The van der Waals surface area contributed by atoms with E-state index in [1.165, 1.54) is 19.7 Å². The largest absolute Gasteiger partial charge is 0.451 e. The van der Waals surface area contributed by atoms with E-state index in [1.54, 1.807) is 0 Å². The van der Waals surface area contributed by atoms with Gasteiger partial charge in [0.25, 0.3) is 0 Å². The van der Waals surface area contributed by atoms with E-state index >= 15 is 0 Å². The fourth-order valence-electron chi connectivity index (χ4n) is 4.67. The van der Waals surface area contributed by atoms with Crippen molar-refractivity contribution in [1.82, 2.24) is 0 Å². The molecule has 30 heavy (non-hydrogen) atoms. The quantitative estimate of drug-likeness (QED) is 0.194. The number of carbonyl (C=O) groups excluding carboxylic acids is 1. The summed E-state index contributed by atoms with van der Waals surface area (Å²) >= 11 is 0. The van der Waals surface area contributed by atoms with Crippen molar-refractivity contribution < 1.29 is 9.53 Å². The van der Waals surface area contributed by atoms with Crippen molar-refractivity contribution in [2.75, 3.05) is 0 Å². The summed E-state index contributed by atoms with van der Waals surface area (Å²) in [6.45, 7) is 1.99. The average Bonchev–Trinajstić information content (AvgIpc) is 3.36. The lowest BCUT2D eigenvalue weighted by atomic mass is 10.0. The van der Waals surface area contributed by atoms with E-state index in [4.69, 9.17) is 4.74 Å². The minimum atomic E-state index is -0.433. The third kappa shape index (κ3) is 3.23. The fraction of sp³-hybridized carbons (Fsp3) is 0.222. The Balaban J connectivity index is 1.61. The number of carbonyl (C=O) groups is 1. The molecule has 1 aliphatic rings. The number of thiophene rings is 1. The molecule has 1 heterocycles. The lowest BCUT2D eigenvalue weighted by molar-refractivity contribution is 0.00655. The van der Waals surface area contributed by atoms with E-state index in [1.807, 2.05) is 25.1 Å². The third-order valence-corrected chi connectivity index (χ3v) is 8.36. The number of esters is 1. The Kier molecular flexibility index (Phi) is 4.92. The van der Waals surface area contributed by atoms with Gasteiger partial charge in [-0.25, -0.2) is 4.79 Å². The van der Waals surface area contributed by atoms with Crippen molar-refractivity contribution in [3.05, 3.63) is 90.5 Å². The van der Waals surface area contributed by atoms with Crippen LogP contribution in [0.3, 0.4) is 0 Å². The van der Waals surface area contributed by atoms with E-state index < -0.39 is 5.60 Å². The lowest BCUT2D eigenvalue weighted by Crippen LogP contribution is -2.29. The molecule has 1 fully saturated rings. The number of benzene rings is 3. The predicted octanol–water partition coefficient (Wildman–Crippen LogP) is 7.78. The average molecular weight is 414 g/mol. The highest BCUT2D eigenvalue weighted by atomic mass is 32.2. The van der Waals surface area contributed by atoms with Crippen LogP contribution in [0.15, 0.2) is 84.9 Å². The number of hydrogen-bond acceptors (Lipinski definition) is 2. The molecule has 3 aromatic carbocycles. The topological polar surface area (TPSA) is 26.3 Å². The number of hydrogen-bond donors (Lipinski definition) is 0. The highest BCUT2D eigenvalue weighted by Gasteiger charge is 2.35. The highest BCUT2D eigenvalue weighted by molar-refractivity contribution is 7.50. The second-order valence-electron chi connectivity index (χ2n) is 7.99. The molecule has 2 nitrogen and oxygen atoms in total. The Morgan fingerprint density at radius 1 is 0.900 bits per heavy atom. The van der Waals surface area contributed by atoms with Crippen LogP contribution in [0.2, 0.25) is 0 Å². The Morgan fingerprint density at radius 2 is 1.60 bits per heavy atom. The second-order valence-corrected chi connectivity index (χ2v) is 9.95. The number of allylic oxidation sites excluding steroid dienone is 1. The minimum absolute atomic E-state index is 0.141. The molecule has 4 aromatic rings. The van der Waals surface area contributed by atoms with Crippen LogP contribution in [0.5, 0.6) is 0 Å². The smallest absolute Gasteiger partial charge is 0.339 e. The molecule has 1 aliphatic carbocycles. The molecule has 5 rings (SSSR count). The molecule has 0 N–H and O–H groups in total. The summed E-state index contributed by atoms with van der Waals surface area (Å²) in [7, 11) is -0.141. The highest BCUT2D eigenvalue weighted by Crippen LogP contribution is 2.48. The first kappa shape index (κ1) is 19.1. The van der Waals surface area contributed by atoms with Gasteiger partial charge in [-0.15, -0.1) is 0 Å². The van der Waals surface area contributed by atoms with Crippen molar-refractivity contribution in [3.63, 3.8) is 0 Å². The first-order valence-corrected chi connectivity index (χ1v) is 11.8. The standard InChI is InChI=1S/C27H25O2S/c1-2-16-27(17-8-9-18-27)29-26(28)20-14-15-25-23(19-20)22-12-6-7-13-24(22)30(25)21-10-4-3-5-11-21/h2-7,10-16,19H,8-9,17-18H2,1H3/q+1/b16-2+. The molecule has 150 valence electrons. The zero-order chi connectivity index (χ0) is 20.6. The van der Waals surface area contributed by atoms with Gasteiger partial charge in [0.2, 0.25) is 0 Å². The van der Waals surface area contributed by atoms with Gasteiger partial charge in [-0.3, -0.25) is 0 Å². The van der Waals surface area contributed by atoms with Crippen molar-refractivity contribution in [2.24, 2.45) is 0 Å². The van der Waals surface area contributed by atoms with Gasteiger partial charge >= 0.3 is 5.97 Å². The van der Waals surface area contributed by atoms with Gasteiger partial charge in [0.1, 0.15) is 5.60 Å². The van der Waals surface area contributed by atoms with Crippen LogP contribution in [0.1, 0.15) is 43.0 Å². The van der Waals surface area contributed by atoms with Gasteiger partial charge in [0, 0.05) is 21.2 Å². The molecule has 1 atom stereocenters. The van der Waals surface area contributed by atoms with Crippen LogP contribution in [-0.4, -0.2) is 11.6 Å². The molecule has 3 heteroatoms. The molecule has 1 saturated carbocycles. The fourth-order valence-corrected chi connectivity index (χ4v) is 7.04. The van der Waals surface area contributed by atoms with Crippen LogP contribution >= 0.6 is 10.5 Å². The first-order valence-electron chi connectivity index (χ1n) is 10.6. The Bertz CT molecular complexity index is 1240. The molecular weight excluding hydrogens is 388 g/mol. The van der Waals surface area contributed by atoms with Crippen LogP contribution in [0.4, 0.5) is 0 Å². The normalized spacial score (nSPS) is 16.5. The SMILES string of the molecule is C/C=C/C1(OC(=O)c2ccc3c(c2)c2ccccc2[s+]3-c2ccccc2)CCCC1. The summed E-state index contributed by atoms with van der Waals surface area (Å²) in [5.74, 6) is -0.221. The number of ether oxygens (including phenoxy) is 1. The molecular formula is C27H25O2S+. The summed E-state index contributed by atoms with van der Waals surface area (Å²) in [4.78, 5) is 14.4. The molecule has 0 radical (unpaired) electrons. The van der Waals surface area contributed by atoms with E-state index in [9.17, 15) is 4.79 Å². The van der Waals surface area contributed by atoms with E-state index in [2.05, 4.69) is 66.7 Å². The zero-order valence-corrected chi connectivity index (χ0v) is 18.0. The molecule has 0 amide bonds.